The second kappa shape index (κ2) is 7.60. The predicted molar refractivity (Wildman–Crippen MR) is 69.1 cm³/mol. The fraction of sp³-hybridized carbons (Fsp3) is 0.667. The third-order valence-corrected chi connectivity index (χ3v) is 3.24. The van der Waals surface area contributed by atoms with Gasteiger partial charge in [-0.2, -0.15) is 0 Å². The fourth-order valence-corrected chi connectivity index (χ4v) is 2.20. The number of unbranched alkanes of at least 4 members (excludes halogenated alkanes) is 2. The molecule has 0 bridgehead atoms. The molecule has 0 saturated carbocycles. The molecule has 1 aromatic rings. The van der Waals surface area contributed by atoms with Crippen molar-refractivity contribution >= 4 is 15.9 Å². The van der Waals surface area contributed by atoms with Crippen LogP contribution < -0.4 is 4.74 Å². The lowest BCUT2D eigenvalue weighted by Gasteiger charge is -2.09. The van der Waals surface area contributed by atoms with E-state index in [9.17, 15) is 0 Å². The highest BCUT2D eigenvalue weighted by atomic mass is 79.9. The molecule has 0 aliphatic carbocycles. The Kier molecular flexibility index (Phi) is 6.38. The van der Waals surface area contributed by atoms with Crippen molar-refractivity contribution in [3.8, 4) is 5.88 Å². The van der Waals surface area contributed by atoms with E-state index < -0.39 is 0 Å². The quantitative estimate of drug-likeness (QED) is 0.569. The lowest BCUT2D eigenvalue weighted by atomic mass is 10.1. The van der Waals surface area contributed by atoms with E-state index in [0.717, 1.165) is 12.1 Å². The number of methoxy groups -OCH3 is 1. The van der Waals surface area contributed by atoms with Crippen LogP contribution in [0.1, 0.15) is 38.3 Å². The van der Waals surface area contributed by atoms with Crippen LogP contribution in [0.4, 0.5) is 0 Å². The number of alkyl halides is 1. The summed E-state index contributed by atoms with van der Waals surface area (Å²) in [7, 11) is 1.62. The summed E-state index contributed by atoms with van der Waals surface area (Å²) < 4.78 is 5.07. The molecule has 1 heterocycles. The first-order chi connectivity index (χ1) is 7.76. The molecule has 0 radical (unpaired) electrons. The van der Waals surface area contributed by atoms with Crippen LogP contribution in [0.5, 0.6) is 5.88 Å². The van der Waals surface area contributed by atoms with Gasteiger partial charge in [-0.25, -0.2) is 9.97 Å². The van der Waals surface area contributed by atoms with Crippen molar-refractivity contribution in [2.45, 2.75) is 43.9 Å². The summed E-state index contributed by atoms with van der Waals surface area (Å²) in [6.07, 6.45) is 7.52. The van der Waals surface area contributed by atoms with E-state index in [-0.39, 0.29) is 0 Å². The van der Waals surface area contributed by atoms with E-state index in [2.05, 4.69) is 32.8 Å². The summed E-state index contributed by atoms with van der Waals surface area (Å²) >= 11 is 3.69. The summed E-state index contributed by atoms with van der Waals surface area (Å²) in [6, 6.07) is 1.90. The molecule has 0 amide bonds. The number of aromatic nitrogens is 2. The van der Waals surface area contributed by atoms with Crippen LogP contribution in [0, 0.1) is 0 Å². The Morgan fingerprint density at radius 3 is 2.88 bits per heavy atom. The summed E-state index contributed by atoms with van der Waals surface area (Å²) in [5.74, 6) is 0.637. The van der Waals surface area contributed by atoms with Gasteiger partial charge in [-0.15, -0.1) is 0 Å². The molecule has 0 fully saturated rings. The Hall–Kier alpha value is -0.640. The van der Waals surface area contributed by atoms with Crippen LogP contribution >= 0.6 is 15.9 Å². The van der Waals surface area contributed by atoms with Crippen LogP contribution in [0.2, 0.25) is 0 Å². The second-order valence-electron chi connectivity index (χ2n) is 3.85. The minimum absolute atomic E-state index is 0.499. The largest absolute Gasteiger partial charge is 0.481 e. The molecule has 0 aromatic carbocycles. The van der Waals surface area contributed by atoms with Gasteiger partial charge in [0, 0.05) is 23.0 Å². The maximum atomic E-state index is 5.07. The number of rotatable bonds is 7. The zero-order valence-electron chi connectivity index (χ0n) is 9.95. The summed E-state index contributed by atoms with van der Waals surface area (Å²) in [5.41, 5.74) is 1.03. The number of ether oxygens (including phenoxy) is 1. The Morgan fingerprint density at radius 1 is 1.38 bits per heavy atom. The molecule has 90 valence electrons. The molecule has 16 heavy (non-hydrogen) atoms. The van der Waals surface area contributed by atoms with Crippen molar-refractivity contribution in [2.24, 2.45) is 0 Å². The molecule has 0 spiro atoms. The van der Waals surface area contributed by atoms with Crippen LogP contribution in [0.25, 0.3) is 0 Å². The van der Waals surface area contributed by atoms with Crippen molar-refractivity contribution in [2.75, 3.05) is 7.11 Å². The Labute approximate surface area is 106 Å². The molecule has 0 aliphatic heterocycles. The lowest BCUT2D eigenvalue weighted by molar-refractivity contribution is 0.395. The predicted octanol–water partition coefficient (Wildman–Crippen LogP) is 3.37. The van der Waals surface area contributed by atoms with Gasteiger partial charge in [-0.3, -0.25) is 0 Å². The van der Waals surface area contributed by atoms with Crippen molar-refractivity contribution in [3.63, 3.8) is 0 Å². The Balaban J connectivity index is 2.39. The van der Waals surface area contributed by atoms with E-state index in [1.54, 1.807) is 13.4 Å². The van der Waals surface area contributed by atoms with Gasteiger partial charge in [0.1, 0.15) is 6.33 Å². The molecule has 0 aliphatic rings. The monoisotopic (exact) mass is 286 g/mol. The molecule has 4 heteroatoms. The standard InChI is InChI=1S/C12H19BrN2O/c1-3-4-5-6-10(13)7-11-8-12(16-2)15-9-14-11/h8-10H,3-7H2,1-2H3. The third-order valence-electron chi connectivity index (χ3n) is 2.46. The van der Waals surface area contributed by atoms with Crippen molar-refractivity contribution in [3.05, 3.63) is 18.1 Å². The SMILES string of the molecule is CCCCCC(Br)Cc1cc(OC)ncn1. The number of halogens is 1. The maximum Gasteiger partial charge on any atom is 0.216 e. The first-order valence-electron chi connectivity index (χ1n) is 5.75. The first kappa shape index (κ1) is 13.4. The van der Waals surface area contributed by atoms with E-state index in [0.29, 0.717) is 10.7 Å². The molecule has 0 saturated heterocycles. The van der Waals surface area contributed by atoms with Gasteiger partial charge in [0.2, 0.25) is 5.88 Å². The maximum absolute atomic E-state index is 5.07. The summed E-state index contributed by atoms with van der Waals surface area (Å²) in [6.45, 7) is 2.22. The highest BCUT2D eigenvalue weighted by Crippen LogP contribution is 2.17. The highest BCUT2D eigenvalue weighted by Gasteiger charge is 2.07. The summed E-state index contributed by atoms with van der Waals surface area (Å²) in [4.78, 5) is 8.73. The van der Waals surface area contributed by atoms with Crippen LogP contribution in [-0.4, -0.2) is 21.9 Å². The van der Waals surface area contributed by atoms with Gasteiger partial charge in [0.25, 0.3) is 0 Å². The smallest absolute Gasteiger partial charge is 0.216 e. The minimum atomic E-state index is 0.499. The molecule has 0 N–H and O–H groups in total. The number of hydrogen-bond donors (Lipinski definition) is 0. The zero-order valence-corrected chi connectivity index (χ0v) is 11.5. The molecule has 1 atom stereocenters. The van der Waals surface area contributed by atoms with Gasteiger partial charge in [-0.05, 0) is 6.42 Å². The third kappa shape index (κ3) is 4.92. The van der Waals surface area contributed by atoms with Crippen LogP contribution in [0.15, 0.2) is 12.4 Å². The Bertz CT molecular complexity index is 307. The number of hydrogen-bond acceptors (Lipinski definition) is 3. The minimum Gasteiger partial charge on any atom is -0.481 e. The fourth-order valence-electron chi connectivity index (χ4n) is 1.55. The van der Waals surface area contributed by atoms with Crippen molar-refractivity contribution in [1.82, 2.24) is 9.97 Å². The van der Waals surface area contributed by atoms with Gasteiger partial charge in [0.15, 0.2) is 0 Å². The van der Waals surface area contributed by atoms with Crippen LogP contribution in [0.3, 0.4) is 0 Å². The Morgan fingerprint density at radius 2 is 2.19 bits per heavy atom. The second-order valence-corrected chi connectivity index (χ2v) is 5.14. The lowest BCUT2D eigenvalue weighted by Crippen LogP contribution is -2.05. The topological polar surface area (TPSA) is 35.0 Å². The average molecular weight is 287 g/mol. The normalized spacial score (nSPS) is 12.4. The molecule has 1 aromatic heterocycles. The molecular formula is C12H19BrN2O. The number of nitrogens with zero attached hydrogens (tertiary/aromatic N) is 2. The highest BCUT2D eigenvalue weighted by molar-refractivity contribution is 9.09. The van der Waals surface area contributed by atoms with E-state index in [1.165, 1.54) is 25.7 Å². The van der Waals surface area contributed by atoms with E-state index in [1.807, 2.05) is 6.07 Å². The summed E-state index contributed by atoms with van der Waals surface area (Å²) in [5, 5.41) is 0. The molecule has 1 rings (SSSR count). The van der Waals surface area contributed by atoms with Crippen molar-refractivity contribution in [1.29, 1.82) is 0 Å². The van der Waals surface area contributed by atoms with E-state index in [4.69, 9.17) is 4.74 Å². The van der Waals surface area contributed by atoms with Crippen LogP contribution in [-0.2, 0) is 6.42 Å². The van der Waals surface area contributed by atoms with E-state index >= 15 is 0 Å². The van der Waals surface area contributed by atoms with Gasteiger partial charge in [0.05, 0.1) is 7.11 Å². The molecular weight excluding hydrogens is 268 g/mol. The zero-order chi connectivity index (χ0) is 11.8. The first-order valence-corrected chi connectivity index (χ1v) is 6.66. The molecule has 3 nitrogen and oxygen atoms in total. The van der Waals surface area contributed by atoms with Crippen molar-refractivity contribution < 1.29 is 4.74 Å². The van der Waals surface area contributed by atoms with Gasteiger partial charge in [-0.1, -0.05) is 42.1 Å². The average Bonchev–Trinajstić information content (AvgIpc) is 2.29. The molecule has 1 unspecified atom stereocenters. The van der Waals surface area contributed by atoms with Gasteiger partial charge < -0.3 is 4.74 Å². The van der Waals surface area contributed by atoms with Gasteiger partial charge >= 0.3 is 0 Å².